The van der Waals surface area contributed by atoms with Gasteiger partial charge in [-0.25, -0.2) is 9.18 Å². The predicted molar refractivity (Wildman–Crippen MR) is 133 cm³/mol. The summed E-state index contributed by atoms with van der Waals surface area (Å²) in [5.41, 5.74) is 8.71. The number of rotatable bonds is 8. The molecule has 3 rings (SSSR count). The molecule has 1 unspecified atom stereocenters. The number of nitrogens with one attached hydrogen (secondary N) is 2. The number of amides is 2. The number of hydrogen-bond acceptors (Lipinski definition) is 5. The SMILES string of the molecule is CNc1c(/C=C\C=O)cccc1NC(=O)/N=C(\N)C1CCCN(Cc2ccc(OC)cc2F)C1. The van der Waals surface area contributed by atoms with Crippen molar-refractivity contribution >= 4 is 35.6 Å². The lowest BCUT2D eigenvalue weighted by molar-refractivity contribution is -0.104. The molecule has 8 nitrogen and oxygen atoms in total. The first-order valence-electron chi connectivity index (χ1n) is 11.1. The Labute approximate surface area is 198 Å². The molecule has 0 aliphatic carbocycles. The number of ether oxygens (including phenoxy) is 1. The van der Waals surface area contributed by atoms with Crippen LogP contribution in [0.15, 0.2) is 47.5 Å². The highest BCUT2D eigenvalue weighted by Crippen LogP contribution is 2.27. The molecule has 0 radical (unpaired) electrons. The fraction of sp³-hybridized carbons (Fsp3) is 0.320. The zero-order chi connectivity index (χ0) is 24.5. The van der Waals surface area contributed by atoms with E-state index >= 15 is 0 Å². The molecule has 1 fully saturated rings. The van der Waals surface area contributed by atoms with Gasteiger partial charge in [0, 0.05) is 37.7 Å². The van der Waals surface area contributed by atoms with Crippen LogP contribution in [0.5, 0.6) is 5.75 Å². The van der Waals surface area contributed by atoms with E-state index in [1.165, 1.54) is 19.3 Å². The summed E-state index contributed by atoms with van der Waals surface area (Å²) in [6.07, 6.45) is 5.39. The second kappa shape index (κ2) is 11.9. The Morgan fingerprint density at radius 1 is 1.35 bits per heavy atom. The van der Waals surface area contributed by atoms with Crippen molar-refractivity contribution in [1.29, 1.82) is 0 Å². The number of halogens is 1. The normalized spacial score (nSPS) is 16.9. The molecule has 2 aromatic rings. The van der Waals surface area contributed by atoms with Gasteiger partial charge in [0.25, 0.3) is 0 Å². The van der Waals surface area contributed by atoms with Crippen molar-refractivity contribution in [3.05, 3.63) is 59.4 Å². The van der Waals surface area contributed by atoms with Crippen molar-refractivity contribution in [1.82, 2.24) is 4.90 Å². The maximum absolute atomic E-state index is 14.4. The largest absolute Gasteiger partial charge is 0.497 e. The Kier molecular flexibility index (Phi) is 8.75. The van der Waals surface area contributed by atoms with Gasteiger partial charge in [-0.1, -0.05) is 18.2 Å². The molecule has 0 spiro atoms. The molecule has 1 saturated heterocycles. The Balaban J connectivity index is 1.66. The molecule has 1 heterocycles. The molecule has 0 saturated carbocycles. The number of carbonyl (C=O) groups excluding carboxylic acids is 2. The number of aldehydes is 1. The number of hydrogen-bond donors (Lipinski definition) is 3. The maximum atomic E-state index is 14.4. The van der Waals surface area contributed by atoms with Crippen molar-refractivity contribution in [2.24, 2.45) is 16.6 Å². The van der Waals surface area contributed by atoms with E-state index in [1.807, 2.05) is 6.07 Å². The number of methoxy groups -OCH3 is 1. The van der Waals surface area contributed by atoms with Gasteiger partial charge in [-0.3, -0.25) is 9.69 Å². The number of urea groups is 1. The first-order valence-corrected chi connectivity index (χ1v) is 11.1. The Morgan fingerprint density at radius 3 is 2.88 bits per heavy atom. The minimum atomic E-state index is -0.580. The average molecular weight is 468 g/mol. The summed E-state index contributed by atoms with van der Waals surface area (Å²) in [4.78, 5) is 29.4. The van der Waals surface area contributed by atoms with Crippen LogP contribution in [-0.4, -0.2) is 50.3 Å². The number of benzene rings is 2. The van der Waals surface area contributed by atoms with E-state index in [-0.39, 0.29) is 17.6 Å². The van der Waals surface area contributed by atoms with E-state index < -0.39 is 6.03 Å². The second-order valence-corrected chi connectivity index (χ2v) is 8.01. The number of allylic oxidation sites excluding steroid dienone is 1. The van der Waals surface area contributed by atoms with Gasteiger partial charge in [-0.2, -0.15) is 4.99 Å². The molecule has 34 heavy (non-hydrogen) atoms. The number of aliphatic imine (C=N–C) groups is 1. The van der Waals surface area contributed by atoms with E-state index in [4.69, 9.17) is 10.5 Å². The molecule has 1 atom stereocenters. The second-order valence-electron chi connectivity index (χ2n) is 8.01. The molecular weight excluding hydrogens is 437 g/mol. The van der Waals surface area contributed by atoms with Crippen LogP contribution in [0.4, 0.5) is 20.6 Å². The number of piperidine rings is 1. The van der Waals surface area contributed by atoms with Crippen LogP contribution in [0.1, 0.15) is 24.0 Å². The van der Waals surface area contributed by atoms with Gasteiger partial charge >= 0.3 is 6.03 Å². The number of anilines is 2. The smallest absolute Gasteiger partial charge is 0.347 e. The van der Waals surface area contributed by atoms with Crippen LogP contribution >= 0.6 is 0 Å². The minimum Gasteiger partial charge on any atom is -0.497 e. The number of nitrogens with zero attached hydrogens (tertiary/aromatic N) is 2. The Hall–Kier alpha value is -3.72. The summed E-state index contributed by atoms with van der Waals surface area (Å²) in [5, 5.41) is 5.78. The number of nitrogens with two attached hydrogens (primary N) is 1. The number of amidine groups is 1. The first-order chi connectivity index (χ1) is 16.4. The summed E-state index contributed by atoms with van der Waals surface area (Å²) in [6, 6.07) is 9.58. The molecule has 1 aliphatic rings. The van der Waals surface area contributed by atoms with E-state index in [1.54, 1.807) is 37.4 Å². The summed E-state index contributed by atoms with van der Waals surface area (Å²) < 4.78 is 19.4. The summed E-state index contributed by atoms with van der Waals surface area (Å²) in [7, 11) is 3.23. The predicted octanol–water partition coefficient (Wildman–Crippen LogP) is 3.89. The van der Waals surface area contributed by atoms with E-state index in [0.29, 0.717) is 42.1 Å². The van der Waals surface area contributed by atoms with Gasteiger partial charge in [-0.15, -0.1) is 0 Å². The Morgan fingerprint density at radius 2 is 2.18 bits per heavy atom. The molecule has 9 heteroatoms. The van der Waals surface area contributed by atoms with Crippen molar-refractivity contribution < 1.29 is 18.7 Å². The van der Waals surface area contributed by atoms with Gasteiger partial charge in [-0.05, 0) is 49.2 Å². The molecule has 0 bridgehead atoms. The number of carbonyl (C=O) groups is 2. The molecule has 2 aromatic carbocycles. The summed E-state index contributed by atoms with van der Waals surface area (Å²) in [6.45, 7) is 1.84. The fourth-order valence-electron chi connectivity index (χ4n) is 4.05. The Bertz CT molecular complexity index is 1090. The summed E-state index contributed by atoms with van der Waals surface area (Å²) in [5.74, 6) is 0.312. The lowest BCUT2D eigenvalue weighted by Gasteiger charge is -2.32. The highest BCUT2D eigenvalue weighted by Gasteiger charge is 2.24. The topological polar surface area (TPSA) is 109 Å². The zero-order valence-corrected chi connectivity index (χ0v) is 19.4. The van der Waals surface area contributed by atoms with Crippen molar-refractivity contribution in [3.8, 4) is 5.75 Å². The van der Waals surface area contributed by atoms with Gasteiger partial charge in [0.05, 0.1) is 18.5 Å². The standard InChI is InChI=1S/C25H30FN5O3/c1-28-23-17(8-5-13-32)6-3-9-22(23)29-25(33)30-24(27)19-7-4-12-31(16-19)15-18-10-11-20(34-2)14-21(18)26/h3,5-6,8-11,13-14,19,28H,4,7,12,15-16H2,1-2H3,(H3,27,29,30,33)/b8-5-. The van der Waals surface area contributed by atoms with Gasteiger partial charge < -0.3 is 21.1 Å². The molecule has 1 aliphatic heterocycles. The van der Waals surface area contributed by atoms with Crippen LogP contribution in [0, 0.1) is 11.7 Å². The summed E-state index contributed by atoms with van der Waals surface area (Å²) >= 11 is 0. The molecule has 180 valence electrons. The van der Waals surface area contributed by atoms with Gasteiger partial charge in [0.1, 0.15) is 23.7 Å². The van der Waals surface area contributed by atoms with E-state index in [9.17, 15) is 14.0 Å². The molecule has 0 aromatic heterocycles. The molecule has 2 amide bonds. The number of likely N-dealkylation sites (tertiary alicyclic amines) is 1. The number of para-hydroxylation sites is 1. The van der Waals surface area contributed by atoms with Crippen molar-refractivity contribution in [3.63, 3.8) is 0 Å². The van der Waals surface area contributed by atoms with Crippen LogP contribution < -0.4 is 21.1 Å². The van der Waals surface area contributed by atoms with Gasteiger partial charge in [0.2, 0.25) is 0 Å². The van der Waals surface area contributed by atoms with Crippen LogP contribution in [-0.2, 0) is 11.3 Å². The third-order valence-corrected chi connectivity index (χ3v) is 5.75. The first kappa shape index (κ1) is 24.9. The monoisotopic (exact) mass is 467 g/mol. The zero-order valence-electron chi connectivity index (χ0n) is 19.4. The maximum Gasteiger partial charge on any atom is 0.347 e. The van der Waals surface area contributed by atoms with Crippen LogP contribution in [0.25, 0.3) is 6.08 Å². The molecular formula is C25H30FN5O3. The quantitative estimate of drug-likeness (QED) is 0.235. The highest BCUT2D eigenvalue weighted by atomic mass is 19.1. The van der Waals surface area contributed by atoms with Gasteiger partial charge in [0.15, 0.2) is 0 Å². The lowest BCUT2D eigenvalue weighted by Crippen LogP contribution is -2.41. The van der Waals surface area contributed by atoms with Crippen molar-refractivity contribution in [2.45, 2.75) is 19.4 Å². The van der Waals surface area contributed by atoms with Crippen LogP contribution in [0.2, 0.25) is 0 Å². The average Bonchev–Trinajstić information content (AvgIpc) is 2.84. The molecule has 4 N–H and O–H groups in total. The van der Waals surface area contributed by atoms with Crippen LogP contribution in [0.3, 0.4) is 0 Å². The van der Waals surface area contributed by atoms with Crippen molar-refractivity contribution in [2.75, 3.05) is 37.9 Å². The lowest BCUT2D eigenvalue weighted by atomic mass is 9.96. The van der Waals surface area contributed by atoms with E-state index in [0.717, 1.165) is 24.9 Å². The van der Waals surface area contributed by atoms with E-state index in [2.05, 4.69) is 20.5 Å². The fourth-order valence-corrected chi connectivity index (χ4v) is 4.05. The highest BCUT2D eigenvalue weighted by molar-refractivity contribution is 6.02. The third-order valence-electron chi connectivity index (χ3n) is 5.75. The third kappa shape index (κ3) is 6.41. The minimum absolute atomic E-state index is 0.105.